The van der Waals surface area contributed by atoms with Crippen molar-refractivity contribution in [2.24, 2.45) is 0 Å². The summed E-state index contributed by atoms with van der Waals surface area (Å²) in [6, 6.07) is 24.0. The lowest BCUT2D eigenvalue weighted by atomic mass is 10.2. The van der Waals surface area contributed by atoms with Crippen LogP contribution in [0, 0.1) is 0 Å². The number of fused-ring (bicyclic) bond motifs is 1. The molecular formula is C24H16Cl2N2OS. The second-order valence-electron chi connectivity index (χ2n) is 6.80. The van der Waals surface area contributed by atoms with Crippen LogP contribution in [0.1, 0.15) is 5.56 Å². The second-order valence-corrected chi connectivity index (χ2v) is 8.69. The molecular weight excluding hydrogens is 435 g/mol. The van der Waals surface area contributed by atoms with Crippen LogP contribution in [0.5, 0.6) is 5.75 Å². The van der Waals surface area contributed by atoms with Crippen LogP contribution in [0.4, 0.5) is 0 Å². The van der Waals surface area contributed by atoms with Crippen LogP contribution in [0.15, 0.2) is 85.2 Å². The first-order chi connectivity index (χ1) is 14.7. The van der Waals surface area contributed by atoms with Crippen molar-refractivity contribution >= 4 is 40.2 Å². The first-order valence-corrected chi connectivity index (χ1v) is 10.9. The van der Waals surface area contributed by atoms with Gasteiger partial charge < -0.3 is 9.14 Å². The SMILES string of the molecule is Clc1ccc(COc2cccn3cc(-c4ccc(-c5ccccc5)s4)nc23)cc1Cl. The number of imidazole rings is 1. The Hall–Kier alpha value is -2.79. The zero-order chi connectivity index (χ0) is 20.5. The molecule has 3 aromatic heterocycles. The van der Waals surface area contributed by atoms with E-state index in [0.29, 0.717) is 16.7 Å². The second kappa shape index (κ2) is 8.15. The molecule has 6 heteroatoms. The van der Waals surface area contributed by atoms with Crippen molar-refractivity contribution in [3.63, 3.8) is 0 Å². The van der Waals surface area contributed by atoms with E-state index in [4.69, 9.17) is 32.9 Å². The number of nitrogens with zero attached hydrogens (tertiary/aromatic N) is 2. The fourth-order valence-corrected chi connectivity index (χ4v) is 4.53. The molecule has 3 heterocycles. The molecule has 0 aliphatic rings. The fourth-order valence-electron chi connectivity index (χ4n) is 3.24. The van der Waals surface area contributed by atoms with Crippen LogP contribution in [-0.4, -0.2) is 9.38 Å². The number of ether oxygens (including phenoxy) is 1. The van der Waals surface area contributed by atoms with Gasteiger partial charge in [-0.3, -0.25) is 0 Å². The van der Waals surface area contributed by atoms with E-state index in [2.05, 4.69) is 36.4 Å². The van der Waals surface area contributed by atoms with Crippen LogP contribution < -0.4 is 4.74 Å². The molecule has 0 bridgehead atoms. The van der Waals surface area contributed by atoms with Crippen LogP contribution in [0.3, 0.4) is 0 Å². The first kappa shape index (κ1) is 19.2. The highest BCUT2D eigenvalue weighted by atomic mass is 35.5. The minimum atomic E-state index is 0.385. The number of benzene rings is 2. The van der Waals surface area contributed by atoms with Crippen molar-refractivity contribution in [1.82, 2.24) is 9.38 Å². The van der Waals surface area contributed by atoms with Gasteiger partial charge in [0.05, 0.1) is 20.6 Å². The molecule has 0 aliphatic heterocycles. The molecule has 0 N–H and O–H groups in total. The number of aromatic nitrogens is 2. The summed E-state index contributed by atoms with van der Waals surface area (Å²) in [5, 5.41) is 1.05. The predicted molar refractivity (Wildman–Crippen MR) is 125 cm³/mol. The standard InChI is InChI=1S/C24H16Cl2N2OS/c25-18-9-8-16(13-19(18)26)15-29-21-7-4-12-28-14-20(27-24(21)28)23-11-10-22(30-23)17-5-2-1-3-6-17/h1-14H,15H2. The Bertz CT molecular complexity index is 1330. The summed E-state index contributed by atoms with van der Waals surface area (Å²) < 4.78 is 8.03. The van der Waals surface area contributed by atoms with E-state index < -0.39 is 0 Å². The number of hydrogen-bond donors (Lipinski definition) is 0. The van der Waals surface area contributed by atoms with Crippen molar-refractivity contribution in [1.29, 1.82) is 0 Å². The highest BCUT2D eigenvalue weighted by Crippen LogP contribution is 2.35. The van der Waals surface area contributed by atoms with Crippen molar-refractivity contribution in [3.05, 3.63) is 101 Å². The third-order valence-electron chi connectivity index (χ3n) is 4.74. The van der Waals surface area contributed by atoms with E-state index in [1.54, 1.807) is 17.4 Å². The minimum Gasteiger partial charge on any atom is -0.485 e. The normalized spacial score (nSPS) is 11.1. The highest BCUT2D eigenvalue weighted by Gasteiger charge is 2.12. The quantitative estimate of drug-likeness (QED) is 0.275. The van der Waals surface area contributed by atoms with Crippen LogP contribution in [0.2, 0.25) is 10.0 Å². The maximum absolute atomic E-state index is 6.11. The number of pyridine rings is 1. The molecule has 0 amide bonds. The molecule has 148 valence electrons. The number of hydrogen-bond acceptors (Lipinski definition) is 3. The summed E-state index contributed by atoms with van der Waals surface area (Å²) in [5.74, 6) is 0.717. The van der Waals surface area contributed by atoms with Gasteiger partial charge in [0.25, 0.3) is 0 Å². The largest absolute Gasteiger partial charge is 0.485 e. The van der Waals surface area contributed by atoms with E-state index in [0.717, 1.165) is 27.5 Å². The topological polar surface area (TPSA) is 26.5 Å². The molecule has 0 saturated heterocycles. The molecule has 0 atom stereocenters. The molecule has 30 heavy (non-hydrogen) atoms. The van der Waals surface area contributed by atoms with Crippen molar-refractivity contribution in [2.75, 3.05) is 0 Å². The van der Waals surface area contributed by atoms with Crippen molar-refractivity contribution in [3.8, 4) is 26.8 Å². The Morgan fingerprint density at radius 1 is 0.867 bits per heavy atom. The Labute approximate surface area is 188 Å². The molecule has 5 aromatic rings. The van der Waals surface area contributed by atoms with Gasteiger partial charge in [0.15, 0.2) is 11.4 Å². The summed E-state index contributed by atoms with van der Waals surface area (Å²) in [5.41, 5.74) is 3.86. The highest BCUT2D eigenvalue weighted by molar-refractivity contribution is 7.18. The van der Waals surface area contributed by atoms with E-state index in [1.807, 2.05) is 47.1 Å². The van der Waals surface area contributed by atoms with E-state index >= 15 is 0 Å². The van der Waals surface area contributed by atoms with Gasteiger partial charge in [0.2, 0.25) is 0 Å². The van der Waals surface area contributed by atoms with Gasteiger partial charge in [-0.05, 0) is 47.5 Å². The van der Waals surface area contributed by atoms with Gasteiger partial charge in [0, 0.05) is 17.3 Å². The summed E-state index contributed by atoms with van der Waals surface area (Å²) in [7, 11) is 0. The van der Waals surface area contributed by atoms with Gasteiger partial charge >= 0.3 is 0 Å². The number of rotatable bonds is 5. The van der Waals surface area contributed by atoms with Gasteiger partial charge in [-0.1, -0.05) is 59.6 Å². The summed E-state index contributed by atoms with van der Waals surface area (Å²) in [6.45, 7) is 0.385. The molecule has 0 spiro atoms. The van der Waals surface area contributed by atoms with E-state index in [9.17, 15) is 0 Å². The summed E-state index contributed by atoms with van der Waals surface area (Å²) in [4.78, 5) is 7.17. The van der Waals surface area contributed by atoms with E-state index in [1.165, 1.54) is 10.4 Å². The molecule has 3 nitrogen and oxygen atoms in total. The van der Waals surface area contributed by atoms with Gasteiger partial charge in [0.1, 0.15) is 6.61 Å². The maximum Gasteiger partial charge on any atom is 0.180 e. The summed E-state index contributed by atoms with van der Waals surface area (Å²) in [6.07, 6.45) is 4.01. The monoisotopic (exact) mass is 450 g/mol. The van der Waals surface area contributed by atoms with Crippen LogP contribution in [-0.2, 0) is 6.61 Å². The average Bonchev–Trinajstić information content (AvgIpc) is 3.42. The average molecular weight is 451 g/mol. The molecule has 2 aromatic carbocycles. The minimum absolute atomic E-state index is 0.385. The third kappa shape index (κ3) is 3.82. The van der Waals surface area contributed by atoms with Crippen LogP contribution >= 0.6 is 34.5 Å². The van der Waals surface area contributed by atoms with Crippen molar-refractivity contribution in [2.45, 2.75) is 6.61 Å². The zero-order valence-corrected chi connectivity index (χ0v) is 18.1. The molecule has 0 radical (unpaired) electrons. The Balaban J connectivity index is 1.42. The lowest BCUT2D eigenvalue weighted by molar-refractivity contribution is 0.308. The first-order valence-electron chi connectivity index (χ1n) is 9.37. The van der Waals surface area contributed by atoms with Gasteiger partial charge in [-0.2, -0.15) is 0 Å². The maximum atomic E-state index is 6.11. The van der Waals surface area contributed by atoms with Gasteiger partial charge in [-0.15, -0.1) is 11.3 Å². The van der Waals surface area contributed by atoms with Crippen LogP contribution in [0.25, 0.3) is 26.7 Å². The zero-order valence-electron chi connectivity index (χ0n) is 15.8. The Morgan fingerprint density at radius 3 is 2.53 bits per heavy atom. The smallest absolute Gasteiger partial charge is 0.180 e. The predicted octanol–water partition coefficient (Wildman–Crippen LogP) is 7.62. The number of thiophene rings is 1. The van der Waals surface area contributed by atoms with Crippen molar-refractivity contribution < 1.29 is 4.74 Å². The molecule has 0 fully saturated rings. The lowest BCUT2D eigenvalue weighted by Crippen LogP contribution is -1.97. The Morgan fingerprint density at radius 2 is 1.70 bits per heavy atom. The summed E-state index contributed by atoms with van der Waals surface area (Å²) >= 11 is 13.8. The fraction of sp³-hybridized carbons (Fsp3) is 0.0417. The number of halogens is 2. The van der Waals surface area contributed by atoms with E-state index in [-0.39, 0.29) is 0 Å². The molecule has 0 unspecified atom stereocenters. The molecule has 0 saturated carbocycles. The van der Waals surface area contributed by atoms with Gasteiger partial charge in [-0.25, -0.2) is 4.98 Å². The lowest BCUT2D eigenvalue weighted by Gasteiger charge is -2.08. The Kier molecular flexibility index (Phi) is 5.21. The molecule has 0 aliphatic carbocycles. The third-order valence-corrected chi connectivity index (χ3v) is 6.64. The molecule has 5 rings (SSSR count).